The van der Waals surface area contributed by atoms with Crippen molar-refractivity contribution in [3.05, 3.63) is 87.9 Å². The summed E-state index contributed by atoms with van der Waals surface area (Å²) in [6.45, 7) is 0. The standard InChI is InChI=1S/C23H16Br2N2O/c1-28-22-7-3-2-5-18(22)20-13-16(15-9-11-17(24)12-10-15)14-21(26-20)19-6-4-8-23(25)27-19/h2-14H,1H3. The van der Waals surface area contributed by atoms with Crippen LogP contribution in [0.25, 0.3) is 33.8 Å². The number of hydrogen-bond donors (Lipinski definition) is 0. The average Bonchev–Trinajstić information content (AvgIpc) is 2.74. The Bertz CT molecular complexity index is 1130. The van der Waals surface area contributed by atoms with Crippen molar-refractivity contribution in [2.24, 2.45) is 0 Å². The minimum Gasteiger partial charge on any atom is -0.496 e. The van der Waals surface area contributed by atoms with E-state index in [0.29, 0.717) is 0 Å². The summed E-state index contributed by atoms with van der Waals surface area (Å²) < 4.78 is 7.38. The second-order valence-corrected chi connectivity index (χ2v) is 7.91. The third-order valence-electron chi connectivity index (χ3n) is 4.36. The van der Waals surface area contributed by atoms with E-state index in [4.69, 9.17) is 9.72 Å². The van der Waals surface area contributed by atoms with Gasteiger partial charge in [-0.15, -0.1) is 0 Å². The lowest BCUT2D eigenvalue weighted by Crippen LogP contribution is -1.95. The molecule has 0 saturated heterocycles. The molecule has 0 N–H and O–H groups in total. The van der Waals surface area contributed by atoms with Gasteiger partial charge in [-0.2, -0.15) is 0 Å². The van der Waals surface area contributed by atoms with Gasteiger partial charge < -0.3 is 4.74 Å². The first kappa shape index (κ1) is 18.8. The molecule has 0 aliphatic rings. The van der Waals surface area contributed by atoms with Crippen molar-refractivity contribution in [1.29, 1.82) is 0 Å². The van der Waals surface area contributed by atoms with Gasteiger partial charge in [0.25, 0.3) is 0 Å². The lowest BCUT2D eigenvalue weighted by Gasteiger charge is -2.12. The molecule has 4 aromatic rings. The van der Waals surface area contributed by atoms with Crippen molar-refractivity contribution in [3.8, 4) is 39.5 Å². The van der Waals surface area contributed by atoms with E-state index in [1.807, 2.05) is 54.6 Å². The number of pyridine rings is 2. The van der Waals surface area contributed by atoms with Crippen LogP contribution in [0, 0.1) is 0 Å². The highest BCUT2D eigenvalue weighted by molar-refractivity contribution is 9.10. The first-order chi connectivity index (χ1) is 13.6. The maximum Gasteiger partial charge on any atom is 0.128 e. The topological polar surface area (TPSA) is 35.0 Å². The summed E-state index contributed by atoms with van der Waals surface area (Å²) in [5, 5.41) is 0. The number of aromatic nitrogens is 2. The molecule has 0 unspecified atom stereocenters. The molecule has 0 amide bonds. The van der Waals surface area contributed by atoms with Crippen LogP contribution in [0.4, 0.5) is 0 Å². The van der Waals surface area contributed by atoms with Crippen LogP contribution < -0.4 is 4.74 Å². The van der Waals surface area contributed by atoms with Crippen molar-refractivity contribution < 1.29 is 4.74 Å². The largest absolute Gasteiger partial charge is 0.496 e. The minimum absolute atomic E-state index is 0.777. The molecule has 0 saturated carbocycles. The lowest BCUT2D eigenvalue weighted by molar-refractivity contribution is 0.416. The van der Waals surface area contributed by atoms with E-state index in [-0.39, 0.29) is 0 Å². The average molecular weight is 496 g/mol. The second-order valence-electron chi connectivity index (χ2n) is 6.18. The molecule has 2 aromatic heterocycles. The first-order valence-corrected chi connectivity index (χ1v) is 10.3. The smallest absolute Gasteiger partial charge is 0.128 e. The van der Waals surface area contributed by atoms with E-state index in [1.54, 1.807) is 7.11 Å². The van der Waals surface area contributed by atoms with Gasteiger partial charge in [0.05, 0.1) is 24.2 Å². The van der Waals surface area contributed by atoms with E-state index in [9.17, 15) is 0 Å². The molecule has 28 heavy (non-hydrogen) atoms. The molecule has 0 spiro atoms. The molecule has 5 heteroatoms. The van der Waals surface area contributed by atoms with Gasteiger partial charge in [0.2, 0.25) is 0 Å². The molecule has 0 radical (unpaired) electrons. The second kappa shape index (κ2) is 8.25. The molecule has 0 aliphatic carbocycles. The summed E-state index contributed by atoms with van der Waals surface area (Å²) in [5.41, 5.74) is 5.58. The highest BCUT2D eigenvalue weighted by atomic mass is 79.9. The summed E-state index contributed by atoms with van der Waals surface area (Å²) in [6.07, 6.45) is 0. The molecule has 4 rings (SSSR count). The molecule has 3 nitrogen and oxygen atoms in total. The Balaban J connectivity index is 1.94. The summed E-state index contributed by atoms with van der Waals surface area (Å²) in [4.78, 5) is 9.48. The van der Waals surface area contributed by atoms with Crippen molar-refractivity contribution >= 4 is 31.9 Å². The van der Waals surface area contributed by atoms with Gasteiger partial charge in [-0.25, -0.2) is 9.97 Å². The van der Waals surface area contributed by atoms with Crippen molar-refractivity contribution in [2.45, 2.75) is 0 Å². The van der Waals surface area contributed by atoms with Crippen LogP contribution in [0.3, 0.4) is 0 Å². The summed E-state index contributed by atoms with van der Waals surface area (Å²) in [5.74, 6) is 0.788. The highest BCUT2D eigenvalue weighted by Crippen LogP contribution is 2.34. The van der Waals surface area contributed by atoms with Crippen LogP contribution in [0.2, 0.25) is 0 Å². The van der Waals surface area contributed by atoms with E-state index >= 15 is 0 Å². The Hall–Kier alpha value is -2.50. The van der Waals surface area contributed by atoms with Crippen LogP contribution in [0.1, 0.15) is 0 Å². The van der Waals surface area contributed by atoms with Gasteiger partial charge in [0.15, 0.2) is 0 Å². The number of rotatable bonds is 4. The number of nitrogens with zero attached hydrogens (tertiary/aromatic N) is 2. The number of ether oxygens (including phenoxy) is 1. The predicted molar refractivity (Wildman–Crippen MR) is 120 cm³/mol. The summed E-state index contributed by atoms with van der Waals surface area (Å²) >= 11 is 6.96. The molecule has 0 aliphatic heterocycles. The van der Waals surface area contributed by atoms with Crippen LogP contribution >= 0.6 is 31.9 Å². The number of hydrogen-bond acceptors (Lipinski definition) is 3. The van der Waals surface area contributed by atoms with Crippen LogP contribution in [0.5, 0.6) is 5.75 Å². The Morgan fingerprint density at radius 2 is 1.43 bits per heavy atom. The zero-order valence-electron chi connectivity index (χ0n) is 15.1. The van der Waals surface area contributed by atoms with Crippen LogP contribution in [0.15, 0.2) is 87.9 Å². The van der Waals surface area contributed by atoms with Crippen LogP contribution in [-0.4, -0.2) is 17.1 Å². The fourth-order valence-corrected chi connectivity index (χ4v) is 3.62. The molecular weight excluding hydrogens is 480 g/mol. The van der Waals surface area contributed by atoms with Crippen molar-refractivity contribution in [3.63, 3.8) is 0 Å². The van der Waals surface area contributed by atoms with Gasteiger partial charge in [0.1, 0.15) is 10.4 Å². The number of benzene rings is 2. The zero-order valence-corrected chi connectivity index (χ0v) is 18.2. The Morgan fingerprint density at radius 3 is 2.18 bits per heavy atom. The molecule has 0 bridgehead atoms. The highest BCUT2D eigenvalue weighted by Gasteiger charge is 2.13. The zero-order chi connectivity index (χ0) is 19.5. The lowest BCUT2D eigenvalue weighted by atomic mass is 10.0. The SMILES string of the molecule is COc1ccccc1-c1cc(-c2ccc(Br)cc2)cc(-c2cccc(Br)n2)n1. The number of halogens is 2. The van der Waals surface area contributed by atoms with Gasteiger partial charge in [-0.1, -0.05) is 46.3 Å². The van der Waals surface area contributed by atoms with Crippen molar-refractivity contribution in [1.82, 2.24) is 9.97 Å². The van der Waals surface area contributed by atoms with Gasteiger partial charge in [-0.05, 0) is 75.6 Å². The molecule has 2 aromatic carbocycles. The maximum atomic E-state index is 5.56. The van der Waals surface area contributed by atoms with E-state index < -0.39 is 0 Å². The van der Waals surface area contributed by atoms with E-state index in [1.165, 1.54) is 0 Å². The van der Waals surface area contributed by atoms with Crippen molar-refractivity contribution in [2.75, 3.05) is 7.11 Å². The summed E-state index contributed by atoms with van der Waals surface area (Å²) in [7, 11) is 1.67. The maximum absolute atomic E-state index is 5.56. The number of methoxy groups -OCH3 is 1. The fraction of sp³-hybridized carbons (Fsp3) is 0.0435. The third-order valence-corrected chi connectivity index (χ3v) is 5.33. The molecule has 0 atom stereocenters. The molecule has 138 valence electrons. The molecule has 2 heterocycles. The Labute approximate surface area is 180 Å². The first-order valence-electron chi connectivity index (χ1n) is 8.68. The quantitative estimate of drug-likeness (QED) is 0.285. The van der Waals surface area contributed by atoms with Crippen LogP contribution in [-0.2, 0) is 0 Å². The molecule has 0 fully saturated rings. The van der Waals surface area contributed by atoms with E-state index in [0.717, 1.165) is 48.6 Å². The third kappa shape index (κ3) is 4.01. The van der Waals surface area contributed by atoms with Gasteiger partial charge >= 0.3 is 0 Å². The Kier molecular flexibility index (Phi) is 5.55. The minimum atomic E-state index is 0.777. The van der Waals surface area contributed by atoms with E-state index in [2.05, 4.69) is 61.1 Å². The fourth-order valence-electron chi connectivity index (χ4n) is 3.02. The van der Waals surface area contributed by atoms with Gasteiger partial charge in [0, 0.05) is 10.0 Å². The van der Waals surface area contributed by atoms with Gasteiger partial charge in [-0.3, -0.25) is 0 Å². The predicted octanol–water partition coefficient (Wildman–Crippen LogP) is 7.01. The Morgan fingerprint density at radius 1 is 0.679 bits per heavy atom. The summed E-state index contributed by atoms with van der Waals surface area (Å²) in [6, 6.07) is 26.1. The monoisotopic (exact) mass is 494 g/mol. The number of para-hydroxylation sites is 1. The normalized spacial score (nSPS) is 10.7. The molecular formula is C23H16Br2N2O.